The average Bonchev–Trinajstić information content (AvgIpc) is 2.27. The molecule has 14 heavy (non-hydrogen) atoms. The van der Waals surface area contributed by atoms with Crippen LogP contribution >= 0.6 is 0 Å². The SMILES string of the molecule is COC(=O)C1CCOc2ccccc21. The number of para-hydroxylation sites is 1. The van der Waals surface area contributed by atoms with Crippen LogP contribution in [0.5, 0.6) is 5.75 Å². The number of methoxy groups -OCH3 is 1. The molecule has 0 aromatic heterocycles. The van der Waals surface area contributed by atoms with Crippen LogP contribution in [0.2, 0.25) is 0 Å². The molecule has 1 aromatic carbocycles. The molecule has 0 amide bonds. The Labute approximate surface area is 82.6 Å². The first kappa shape index (κ1) is 9.06. The molecule has 1 unspecified atom stereocenters. The summed E-state index contributed by atoms with van der Waals surface area (Å²) < 4.78 is 10.2. The van der Waals surface area contributed by atoms with Gasteiger partial charge in [-0.25, -0.2) is 0 Å². The lowest BCUT2D eigenvalue weighted by atomic mass is 9.93. The van der Waals surface area contributed by atoms with Gasteiger partial charge < -0.3 is 9.47 Å². The Kier molecular flexibility index (Phi) is 2.39. The van der Waals surface area contributed by atoms with Crippen molar-refractivity contribution in [2.45, 2.75) is 12.3 Å². The highest BCUT2D eigenvalue weighted by molar-refractivity contribution is 5.79. The Morgan fingerprint density at radius 3 is 3.07 bits per heavy atom. The fraction of sp³-hybridized carbons (Fsp3) is 0.364. The fourth-order valence-corrected chi connectivity index (χ4v) is 1.73. The fourth-order valence-electron chi connectivity index (χ4n) is 1.73. The Hall–Kier alpha value is -1.51. The third-order valence-electron chi connectivity index (χ3n) is 2.44. The summed E-state index contributed by atoms with van der Waals surface area (Å²) in [6.45, 7) is 0.580. The molecule has 1 aromatic rings. The highest BCUT2D eigenvalue weighted by Crippen LogP contribution is 2.33. The van der Waals surface area contributed by atoms with E-state index in [0.717, 1.165) is 11.3 Å². The molecule has 3 heteroatoms. The van der Waals surface area contributed by atoms with E-state index in [1.807, 2.05) is 24.3 Å². The number of carbonyl (C=O) groups is 1. The second-order valence-electron chi connectivity index (χ2n) is 3.25. The van der Waals surface area contributed by atoms with E-state index in [1.165, 1.54) is 7.11 Å². The maximum Gasteiger partial charge on any atom is 0.313 e. The van der Waals surface area contributed by atoms with Crippen LogP contribution in [0.3, 0.4) is 0 Å². The number of rotatable bonds is 1. The number of carbonyl (C=O) groups excluding carboxylic acids is 1. The van der Waals surface area contributed by atoms with Crippen molar-refractivity contribution in [2.24, 2.45) is 0 Å². The van der Waals surface area contributed by atoms with Crippen molar-refractivity contribution in [3.05, 3.63) is 29.8 Å². The lowest BCUT2D eigenvalue weighted by Crippen LogP contribution is -2.22. The average molecular weight is 192 g/mol. The quantitative estimate of drug-likeness (QED) is 0.635. The predicted molar refractivity (Wildman–Crippen MR) is 51.3 cm³/mol. The number of esters is 1. The first-order valence-electron chi connectivity index (χ1n) is 4.62. The van der Waals surface area contributed by atoms with Gasteiger partial charge in [0, 0.05) is 5.56 Å². The van der Waals surface area contributed by atoms with Gasteiger partial charge in [0.1, 0.15) is 5.75 Å². The predicted octanol–water partition coefficient (Wildman–Crippen LogP) is 1.73. The van der Waals surface area contributed by atoms with Gasteiger partial charge in [-0.2, -0.15) is 0 Å². The van der Waals surface area contributed by atoms with Crippen molar-refractivity contribution in [3.8, 4) is 5.75 Å². The second-order valence-corrected chi connectivity index (χ2v) is 3.25. The topological polar surface area (TPSA) is 35.5 Å². The molecule has 0 saturated carbocycles. The van der Waals surface area contributed by atoms with E-state index in [-0.39, 0.29) is 11.9 Å². The van der Waals surface area contributed by atoms with Gasteiger partial charge in [0.15, 0.2) is 0 Å². The minimum atomic E-state index is -0.180. The number of benzene rings is 1. The zero-order valence-electron chi connectivity index (χ0n) is 8.03. The standard InChI is InChI=1S/C11H12O3/c1-13-11(12)9-6-7-14-10-5-3-2-4-8(9)10/h2-5,9H,6-7H2,1H3. The summed E-state index contributed by atoms with van der Waals surface area (Å²) in [7, 11) is 1.42. The molecule has 0 bridgehead atoms. The normalized spacial score (nSPS) is 19.4. The summed E-state index contributed by atoms with van der Waals surface area (Å²) in [5.74, 6) is 0.458. The summed E-state index contributed by atoms with van der Waals surface area (Å²) in [5.41, 5.74) is 0.936. The van der Waals surface area contributed by atoms with Crippen LogP contribution in [-0.4, -0.2) is 19.7 Å². The molecule has 0 aliphatic carbocycles. The van der Waals surface area contributed by atoms with Crippen LogP contribution in [0, 0.1) is 0 Å². The number of hydrogen-bond donors (Lipinski definition) is 0. The van der Waals surface area contributed by atoms with Gasteiger partial charge in [0.2, 0.25) is 0 Å². The molecular formula is C11H12O3. The van der Waals surface area contributed by atoms with E-state index in [4.69, 9.17) is 9.47 Å². The van der Waals surface area contributed by atoms with Crippen LogP contribution < -0.4 is 4.74 Å². The Morgan fingerprint density at radius 2 is 2.29 bits per heavy atom. The van der Waals surface area contributed by atoms with E-state index in [0.29, 0.717) is 13.0 Å². The zero-order valence-corrected chi connectivity index (χ0v) is 8.03. The van der Waals surface area contributed by atoms with Crippen molar-refractivity contribution < 1.29 is 14.3 Å². The van der Waals surface area contributed by atoms with E-state index in [9.17, 15) is 4.79 Å². The van der Waals surface area contributed by atoms with Crippen LogP contribution in [0.15, 0.2) is 24.3 Å². The monoisotopic (exact) mass is 192 g/mol. The largest absolute Gasteiger partial charge is 0.493 e. The smallest absolute Gasteiger partial charge is 0.313 e. The highest BCUT2D eigenvalue weighted by atomic mass is 16.5. The van der Waals surface area contributed by atoms with Gasteiger partial charge in [-0.15, -0.1) is 0 Å². The Morgan fingerprint density at radius 1 is 1.50 bits per heavy atom. The van der Waals surface area contributed by atoms with Crippen LogP contribution in [0.4, 0.5) is 0 Å². The summed E-state index contributed by atoms with van der Waals surface area (Å²) >= 11 is 0. The molecule has 1 aliphatic rings. The lowest BCUT2D eigenvalue weighted by molar-refractivity contribution is -0.143. The molecule has 0 saturated heterocycles. The molecule has 0 spiro atoms. The van der Waals surface area contributed by atoms with E-state index >= 15 is 0 Å². The minimum Gasteiger partial charge on any atom is -0.493 e. The Balaban J connectivity index is 2.35. The third kappa shape index (κ3) is 1.45. The van der Waals surface area contributed by atoms with Gasteiger partial charge in [0.05, 0.1) is 19.6 Å². The number of hydrogen-bond acceptors (Lipinski definition) is 3. The lowest BCUT2D eigenvalue weighted by Gasteiger charge is -2.23. The van der Waals surface area contributed by atoms with E-state index in [2.05, 4.69) is 0 Å². The molecule has 1 heterocycles. The highest BCUT2D eigenvalue weighted by Gasteiger charge is 2.27. The first-order valence-corrected chi connectivity index (χ1v) is 4.62. The van der Waals surface area contributed by atoms with Crippen molar-refractivity contribution in [1.29, 1.82) is 0 Å². The molecule has 1 atom stereocenters. The molecule has 0 radical (unpaired) electrons. The zero-order chi connectivity index (χ0) is 9.97. The maximum absolute atomic E-state index is 11.5. The minimum absolute atomic E-state index is 0.162. The molecule has 2 rings (SSSR count). The summed E-state index contributed by atoms with van der Waals surface area (Å²) in [6.07, 6.45) is 0.698. The van der Waals surface area contributed by atoms with Crippen LogP contribution in [0.1, 0.15) is 17.9 Å². The second kappa shape index (κ2) is 3.70. The Bertz CT molecular complexity index is 346. The van der Waals surface area contributed by atoms with Gasteiger partial charge >= 0.3 is 5.97 Å². The van der Waals surface area contributed by atoms with Crippen molar-refractivity contribution >= 4 is 5.97 Å². The first-order chi connectivity index (χ1) is 6.83. The van der Waals surface area contributed by atoms with Crippen LogP contribution in [0.25, 0.3) is 0 Å². The van der Waals surface area contributed by atoms with Crippen molar-refractivity contribution in [3.63, 3.8) is 0 Å². The number of ether oxygens (including phenoxy) is 2. The van der Waals surface area contributed by atoms with Gasteiger partial charge in [-0.05, 0) is 12.5 Å². The summed E-state index contributed by atoms with van der Waals surface area (Å²) in [5, 5.41) is 0. The maximum atomic E-state index is 11.5. The van der Waals surface area contributed by atoms with Gasteiger partial charge in [-0.3, -0.25) is 4.79 Å². The molecular weight excluding hydrogens is 180 g/mol. The van der Waals surface area contributed by atoms with E-state index in [1.54, 1.807) is 0 Å². The molecule has 3 nitrogen and oxygen atoms in total. The van der Waals surface area contributed by atoms with Crippen LogP contribution in [-0.2, 0) is 9.53 Å². The van der Waals surface area contributed by atoms with Crippen molar-refractivity contribution in [1.82, 2.24) is 0 Å². The molecule has 74 valence electrons. The number of fused-ring (bicyclic) bond motifs is 1. The van der Waals surface area contributed by atoms with Gasteiger partial charge in [0.25, 0.3) is 0 Å². The van der Waals surface area contributed by atoms with Crippen molar-refractivity contribution in [2.75, 3.05) is 13.7 Å². The van der Waals surface area contributed by atoms with Gasteiger partial charge in [-0.1, -0.05) is 18.2 Å². The summed E-state index contributed by atoms with van der Waals surface area (Å²) in [6, 6.07) is 7.60. The summed E-state index contributed by atoms with van der Waals surface area (Å²) in [4.78, 5) is 11.5. The van der Waals surface area contributed by atoms with E-state index < -0.39 is 0 Å². The molecule has 0 N–H and O–H groups in total. The third-order valence-corrected chi connectivity index (χ3v) is 2.44. The molecule has 0 fully saturated rings. The molecule has 1 aliphatic heterocycles.